The molecule has 4 rings (SSSR count). The summed E-state index contributed by atoms with van der Waals surface area (Å²) in [6, 6.07) is 16.6. The molecule has 0 bridgehead atoms. The molecule has 0 fully saturated rings. The number of benzene rings is 2. The van der Waals surface area contributed by atoms with E-state index >= 15 is 0 Å². The lowest BCUT2D eigenvalue weighted by atomic mass is 10.1. The summed E-state index contributed by atoms with van der Waals surface area (Å²) in [5.41, 5.74) is 8.10. The van der Waals surface area contributed by atoms with Crippen molar-refractivity contribution in [1.29, 1.82) is 0 Å². The number of nitrogens with zero attached hydrogens (tertiary/aromatic N) is 2. The van der Waals surface area contributed by atoms with Crippen LogP contribution in [-0.4, -0.2) is 33.8 Å². The highest BCUT2D eigenvalue weighted by molar-refractivity contribution is 6.09. The van der Waals surface area contributed by atoms with Gasteiger partial charge in [-0.15, -0.1) is 0 Å². The van der Waals surface area contributed by atoms with Crippen LogP contribution < -0.4 is 16.4 Å². The van der Waals surface area contributed by atoms with Gasteiger partial charge in [-0.3, -0.25) is 14.4 Å². The molecular weight excluding hydrogens is 418 g/mol. The number of carbonyl (C=O) groups excluding carboxylic acids is 3. The number of hydrogen-bond acceptors (Lipinski definition) is 4. The van der Waals surface area contributed by atoms with Crippen LogP contribution in [0.25, 0.3) is 11.4 Å². The van der Waals surface area contributed by atoms with Crippen LogP contribution in [0.4, 0.5) is 5.69 Å². The van der Waals surface area contributed by atoms with Crippen LogP contribution >= 0.6 is 0 Å². The lowest BCUT2D eigenvalue weighted by molar-refractivity contribution is -0.117. The smallest absolute Gasteiger partial charge is 0.276 e. The van der Waals surface area contributed by atoms with Crippen molar-refractivity contribution in [3.05, 3.63) is 71.5 Å². The number of nitrogens with one attached hydrogen (secondary N) is 2. The average Bonchev–Trinajstić information content (AvgIpc) is 3.00. The second-order valence-corrected chi connectivity index (χ2v) is 8.03. The number of amides is 3. The third-order valence-corrected chi connectivity index (χ3v) is 5.69. The van der Waals surface area contributed by atoms with Gasteiger partial charge in [0.25, 0.3) is 11.8 Å². The number of fused-ring (bicyclic) bond motifs is 1. The Kier molecular flexibility index (Phi) is 6.83. The quantitative estimate of drug-likeness (QED) is 0.518. The van der Waals surface area contributed by atoms with Gasteiger partial charge in [0.05, 0.1) is 16.9 Å². The summed E-state index contributed by atoms with van der Waals surface area (Å²) in [5.74, 6) is -0.442. The van der Waals surface area contributed by atoms with Gasteiger partial charge >= 0.3 is 0 Å². The summed E-state index contributed by atoms with van der Waals surface area (Å²) in [5, 5.41) is 5.53. The van der Waals surface area contributed by atoms with Crippen molar-refractivity contribution in [2.75, 3.05) is 11.9 Å². The fourth-order valence-corrected chi connectivity index (χ4v) is 4.08. The van der Waals surface area contributed by atoms with E-state index in [2.05, 4.69) is 15.2 Å². The second-order valence-electron chi connectivity index (χ2n) is 8.03. The Bertz CT molecular complexity index is 1170. The van der Waals surface area contributed by atoms with Crippen molar-refractivity contribution in [1.82, 2.24) is 14.9 Å². The lowest BCUT2D eigenvalue weighted by Crippen LogP contribution is -2.29. The van der Waals surface area contributed by atoms with Gasteiger partial charge in [-0.05, 0) is 31.4 Å². The van der Waals surface area contributed by atoms with Gasteiger partial charge in [-0.2, -0.15) is 0 Å². The highest BCUT2D eigenvalue weighted by Crippen LogP contribution is 2.28. The molecule has 0 spiro atoms. The number of nitrogens with two attached hydrogens (primary N) is 1. The molecule has 4 N–H and O–H groups in total. The highest BCUT2D eigenvalue weighted by atomic mass is 16.2. The monoisotopic (exact) mass is 445 g/mol. The normalized spacial score (nSPS) is 13.0. The molecule has 0 atom stereocenters. The van der Waals surface area contributed by atoms with E-state index in [-0.39, 0.29) is 24.8 Å². The lowest BCUT2D eigenvalue weighted by Gasteiger charge is -2.11. The molecule has 0 aliphatic carbocycles. The standard InChI is InChI=1S/C25H27N5O3/c26-21(31)14-15-27-24(32)18-11-6-7-12-19(18)28-25(33)22-20-13-5-2-8-16-30(20)23(29-22)17-9-3-1-4-10-17/h1,3-4,6-7,9-12H,2,5,8,13-16H2,(H2,26,31)(H,27,32)(H,28,33). The van der Waals surface area contributed by atoms with Crippen molar-refractivity contribution in [2.24, 2.45) is 5.73 Å². The van der Waals surface area contributed by atoms with Gasteiger partial charge in [-0.1, -0.05) is 48.9 Å². The van der Waals surface area contributed by atoms with Gasteiger partial charge in [-0.25, -0.2) is 4.98 Å². The van der Waals surface area contributed by atoms with Crippen molar-refractivity contribution in [2.45, 2.75) is 38.6 Å². The summed E-state index contributed by atoms with van der Waals surface area (Å²) < 4.78 is 2.15. The molecule has 8 heteroatoms. The summed E-state index contributed by atoms with van der Waals surface area (Å²) in [6.07, 6.45) is 3.96. The minimum Gasteiger partial charge on any atom is -0.370 e. The van der Waals surface area contributed by atoms with Crippen molar-refractivity contribution in [3.8, 4) is 11.4 Å². The second kappa shape index (κ2) is 10.1. The molecule has 170 valence electrons. The maximum Gasteiger partial charge on any atom is 0.276 e. The van der Waals surface area contributed by atoms with Crippen molar-refractivity contribution >= 4 is 23.4 Å². The van der Waals surface area contributed by atoms with Crippen LogP contribution in [0.2, 0.25) is 0 Å². The average molecular weight is 446 g/mol. The van der Waals surface area contributed by atoms with Crippen LogP contribution in [0.1, 0.15) is 52.2 Å². The SMILES string of the molecule is NC(=O)CCNC(=O)c1ccccc1NC(=O)c1nc(-c2ccccc2)n2c1CCCCC2. The first-order chi connectivity index (χ1) is 16.0. The third-order valence-electron chi connectivity index (χ3n) is 5.69. The van der Waals surface area contributed by atoms with Crippen molar-refractivity contribution < 1.29 is 14.4 Å². The Labute approximate surface area is 192 Å². The number of imidazole rings is 1. The van der Waals surface area contributed by atoms with Crippen LogP contribution in [0.5, 0.6) is 0 Å². The summed E-state index contributed by atoms with van der Waals surface area (Å²) in [4.78, 5) is 41.6. The molecule has 0 saturated carbocycles. The van der Waals surface area contributed by atoms with E-state index < -0.39 is 5.91 Å². The molecule has 3 amide bonds. The molecule has 33 heavy (non-hydrogen) atoms. The topological polar surface area (TPSA) is 119 Å². The zero-order chi connectivity index (χ0) is 23.2. The highest BCUT2D eigenvalue weighted by Gasteiger charge is 2.25. The van der Waals surface area contributed by atoms with E-state index in [1.165, 1.54) is 0 Å². The first-order valence-corrected chi connectivity index (χ1v) is 11.2. The molecule has 8 nitrogen and oxygen atoms in total. The summed E-state index contributed by atoms with van der Waals surface area (Å²) in [7, 11) is 0. The predicted molar refractivity (Wildman–Crippen MR) is 126 cm³/mol. The van der Waals surface area contributed by atoms with E-state index in [0.29, 0.717) is 16.9 Å². The zero-order valence-electron chi connectivity index (χ0n) is 18.3. The van der Waals surface area contributed by atoms with Crippen LogP contribution in [0.15, 0.2) is 54.6 Å². The number of para-hydroxylation sites is 1. The van der Waals surface area contributed by atoms with Gasteiger partial charge in [0.15, 0.2) is 0 Å². The third kappa shape index (κ3) is 5.11. The van der Waals surface area contributed by atoms with Crippen LogP contribution in [0.3, 0.4) is 0 Å². The number of aromatic nitrogens is 2. The van der Waals surface area contributed by atoms with Crippen LogP contribution in [-0.2, 0) is 17.8 Å². The van der Waals surface area contributed by atoms with E-state index in [4.69, 9.17) is 10.7 Å². The number of anilines is 1. The molecule has 2 heterocycles. The predicted octanol–water partition coefficient (Wildman–Crippen LogP) is 3.13. The van der Waals surface area contributed by atoms with Crippen LogP contribution in [0, 0.1) is 0 Å². The summed E-state index contributed by atoms with van der Waals surface area (Å²) >= 11 is 0. The molecule has 1 aromatic heterocycles. The van der Waals surface area contributed by atoms with Gasteiger partial charge < -0.3 is 20.9 Å². The van der Waals surface area contributed by atoms with Gasteiger partial charge in [0, 0.05) is 25.1 Å². The number of hydrogen-bond donors (Lipinski definition) is 3. The molecule has 0 saturated heterocycles. The Morgan fingerprint density at radius 1 is 0.939 bits per heavy atom. The molecule has 1 aliphatic rings. The Morgan fingerprint density at radius 2 is 1.70 bits per heavy atom. The number of rotatable bonds is 7. The van der Waals surface area contributed by atoms with E-state index in [1.54, 1.807) is 24.3 Å². The Morgan fingerprint density at radius 3 is 2.48 bits per heavy atom. The molecule has 3 aromatic rings. The van der Waals surface area contributed by atoms with Crippen molar-refractivity contribution in [3.63, 3.8) is 0 Å². The summed E-state index contributed by atoms with van der Waals surface area (Å²) in [6.45, 7) is 0.949. The van der Waals surface area contributed by atoms with E-state index in [0.717, 1.165) is 49.3 Å². The maximum atomic E-state index is 13.3. The maximum absolute atomic E-state index is 13.3. The molecule has 0 unspecified atom stereocenters. The largest absolute Gasteiger partial charge is 0.370 e. The molecule has 2 aromatic carbocycles. The fourth-order valence-electron chi connectivity index (χ4n) is 4.08. The molecular formula is C25H27N5O3. The Hall–Kier alpha value is -3.94. The first-order valence-electron chi connectivity index (χ1n) is 11.2. The van der Waals surface area contributed by atoms with Gasteiger partial charge in [0.2, 0.25) is 5.91 Å². The van der Waals surface area contributed by atoms with E-state index in [9.17, 15) is 14.4 Å². The number of carbonyl (C=O) groups is 3. The zero-order valence-corrected chi connectivity index (χ0v) is 18.3. The minimum absolute atomic E-state index is 0.0450. The molecule has 0 radical (unpaired) electrons. The van der Waals surface area contributed by atoms with E-state index in [1.807, 2.05) is 30.3 Å². The fraction of sp³-hybridized carbons (Fsp3) is 0.280. The van der Waals surface area contributed by atoms with Gasteiger partial charge in [0.1, 0.15) is 11.5 Å². The minimum atomic E-state index is -0.494. The first kappa shape index (κ1) is 22.3. The molecule has 1 aliphatic heterocycles. The number of primary amides is 1. The Balaban J connectivity index is 1.62.